The van der Waals surface area contributed by atoms with E-state index in [9.17, 15) is 28.0 Å². The fraction of sp³-hybridized carbons (Fsp3) is 0.0952. The topological polar surface area (TPSA) is 100 Å². The second kappa shape index (κ2) is 9.03. The summed E-state index contributed by atoms with van der Waals surface area (Å²) in [5.41, 5.74) is -0.324. The van der Waals surface area contributed by atoms with Gasteiger partial charge in [-0.15, -0.1) is 0 Å². The summed E-state index contributed by atoms with van der Waals surface area (Å²) in [5.74, 6) is -0.872. The van der Waals surface area contributed by atoms with Gasteiger partial charge in [-0.25, -0.2) is 5.43 Å². The molecule has 0 aliphatic rings. The number of halogens is 4. The molecule has 0 unspecified atom stereocenters. The highest BCUT2D eigenvalue weighted by molar-refractivity contribution is 6.33. The summed E-state index contributed by atoms with van der Waals surface area (Å²) in [6.07, 6.45) is -3.38. The Hall–Kier alpha value is -3.97. The van der Waals surface area contributed by atoms with Gasteiger partial charge >= 0.3 is 6.18 Å². The predicted octanol–water partition coefficient (Wildman–Crippen LogP) is 3.85. The number of nitrogens with one attached hydrogen (secondary N) is 1. The van der Waals surface area contributed by atoms with Crippen LogP contribution in [-0.4, -0.2) is 21.9 Å². The minimum Gasteiger partial charge on any atom is -0.266 e. The van der Waals surface area contributed by atoms with Crippen LogP contribution in [0.2, 0.25) is 5.02 Å². The largest absolute Gasteiger partial charge is 0.416 e. The molecule has 1 aromatic heterocycles. The molecule has 3 aromatic rings. The van der Waals surface area contributed by atoms with E-state index < -0.39 is 28.8 Å². The summed E-state index contributed by atoms with van der Waals surface area (Å²) < 4.78 is 39.8. The number of rotatable bonds is 4. The van der Waals surface area contributed by atoms with Crippen LogP contribution in [0.4, 0.5) is 13.2 Å². The number of nitriles is 1. The second-order valence-corrected chi connectivity index (χ2v) is 6.85. The van der Waals surface area contributed by atoms with Crippen molar-refractivity contribution in [3.8, 4) is 11.8 Å². The Labute approximate surface area is 184 Å². The highest BCUT2D eigenvalue weighted by Crippen LogP contribution is 2.30. The highest BCUT2D eigenvalue weighted by atomic mass is 35.5. The lowest BCUT2D eigenvalue weighted by Crippen LogP contribution is -2.31. The minimum absolute atomic E-state index is 0.0360. The molecule has 1 N–H and O–H groups in total. The molecule has 2 aromatic carbocycles. The van der Waals surface area contributed by atoms with Gasteiger partial charge in [0, 0.05) is 16.1 Å². The first-order valence-electron chi connectivity index (χ1n) is 8.93. The maximum absolute atomic E-state index is 13.1. The first-order chi connectivity index (χ1) is 15.1. The standard InChI is InChI=1S/C21H13ClF3N5O2/c1-12-16(10-26)20(32)30(15-7-4-6-14(9-15)21(23,24)25)29-18(12)19(31)28-27-11-13-5-2-3-8-17(13)22/h2-9,11H,1H3,(H,28,31)/b27-11+. The molecule has 11 heteroatoms. The zero-order chi connectivity index (χ0) is 23.5. The van der Waals surface area contributed by atoms with Crippen molar-refractivity contribution >= 4 is 23.7 Å². The molecule has 7 nitrogen and oxygen atoms in total. The molecule has 1 amide bonds. The molecule has 162 valence electrons. The molecule has 0 atom stereocenters. The van der Waals surface area contributed by atoms with Crippen LogP contribution in [0.5, 0.6) is 0 Å². The van der Waals surface area contributed by atoms with Gasteiger partial charge in [-0.1, -0.05) is 35.9 Å². The van der Waals surface area contributed by atoms with Crippen molar-refractivity contribution in [1.29, 1.82) is 5.26 Å². The van der Waals surface area contributed by atoms with E-state index in [1.54, 1.807) is 30.3 Å². The molecule has 0 fully saturated rings. The SMILES string of the molecule is Cc1c(C(=O)N/N=C/c2ccccc2Cl)nn(-c2cccc(C(F)(F)F)c2)c(=O)c1C#N. The number of nitrogens with zero attached hydrogens (tertiary/aromatic N) is 4. The van der Waals surface area contributed by atoms with E-state index in [4.69, 9.17) is 11.6 Å². The van der Waals surface area contributed by atoms with E-state index in [1.807, 2.05) is 0 Å². The zero-order valence-corrected chi connectivity index (χ0v) is 17.1. The molecule has 0 radical (unpaired) electrons. The Balaban J connectivity index is 2.03. The Morgan fingerprint density at radius 3 is 2.62 bits per heavy atom. The number of benzene rings is 2. The molecule has 0 aliphatic carbocycles. The molecular formula is C21H13ClF3N5O2. The molecular weight excluding hydrogens is 447 g/mol. The van der Waals surface area contributed by atoms with Gasteiger partial charge in [0.1, 0.15) is 11.6 Å². The van der Waals surface area contributed by atoms with Crippen molar-refractivity contribution in [2.75, 3.05) is 0 Å². The molecule has 0 spiro atoms. The lowest BCUT2D eigenvalue weighted by atomic mass is 10.1. The summed E-state index contributed by atoms with van der Waals surface area (Å²) >= 11 is 6.00. The highest BCUT2D eigenvalue weighted by Gasteiger charge is 2.31. The number of hydrogen-bond donors (Lipinski definition) is 1. The van der Waals surface area contributed by atoms with Gasteiger partial charge in [-0.05, 0) is 31.2 Å². The lowest BCUT2D eigenvalue weighted by Gasteiger charge is -2.12. The number of carbonyl (C=O) groups is 1. The number of carbonyl (C=O) groups excluding carboxylic acids is 1. The van der Waals surface area contributed by atoms with Gasteiger partial charge in [0.05, 0.1) is 17.5 Å². The predicted molar refractivity (Wildman–Crippen MR) is 111 cm³/mol. The molecule has 32 heavy (non-hydrogen) atoms. The molecule has 0 saturated heterocycles. The van der Waals surface area contributed by atoms with Crippen LogP contribution in [0.25, 0.3) is 5.69 Å². The van der Waals surface area contributed by atoms with Gasteiger partial charge in [0.2, 0.25) is 0 Å². The average molecular weight is 460 g/mol. The third-order valence-corrected chi connectivity index (χ3v) is 4.70. The van der Waals surface area contributed by atoms with Crippen LogP contribution in [0.1, 0.15) is 32.7 Å². The third kappa shape index (κ3) is 4.68. The smallest absolute Gasteiger partial charge is 0.266 e. The normalized spacial score (nSPS) is 11.4. The maximum Gasteiger partial charge on any atom is 0.416 e. The van der Waals surface area contributed by atoms with Crippen LogP contribution < -0.4 is 11.0 Å². The van der Waals surface area contributed by atoms with Crippen molar-refractivity contribution in [3.05, 3.63) is 91.9 Å². The van der Waals surface area contributed by atoms with E-state index in [2.05, 4.69) is 15.6 Å². The Morgan fingerprint density at radius 2 is 1.97 bits per heavy atom. The minimum atomic E-state index is -4.66. The van der Waals surface area contributed by atoms with E-state index in [0.717, 1.165) is 12.1 Å². The molecule has 1 heterocycles. The van der Waals surface area contributed by atoms with Gasteiger partial charge < -0.3 is 0 Å². The quantitative estimate of drug-likeness (QED) is 0.473. The first-order valence-corrected chi connectivity index (χ1v) is 9.31. The number of alkyl halides is 3. The lowest BCUT2D eigenvalue weighted by molar-refractivity contribution is -0.137. The summed E-state index contributed by atoms with van der Waals surface area (Å²) in [4.78, 5) is 25.2. The summed E-state index contributed by atoms with van der Waals surface area (Å²) in [5, 5.41) is 17.4. The monoisotopic (exact) mass is 459 g/mol. The number of aromatic nitrogens is 2. The summed E-state index contributed by atoms with van der Waals surface area (Å²) in [6, 6.07) is 12.2. The van der Waals surface area contributed by atoms with Crippen LogP contribution >= 0.6 is 11.6 Å². The molecule has 0 bridgehead atoms. The Morgan fingerprint density at radius 1 is 1.25 bits per heavy atom. The molecule has 0 aliphatic heterocycles. The second-order valence-electron chi connectivity index (χ2n) is 6.45. The summed E-state index contributed by atoms with van der Waals surface area (Å²) in [7, 11) is 0. The van der Waals surface area contributed by atoms with E-state index >= 15 is 0 Å². The van der Waals surface area contributed by atoms with E-state index in [0.29, 0.717) is 21.3 Å². The van der Waals surface area contributed by atoms with Gasteiger partial charge in [0.25, 0.3) is 11.5 Å². The molecule has 3 rings (SSSR count). The average Bonchev–Trinajstić information content (AvgIpc) is 2.75. The van der Waals surface area contributed by atoms with Crippen LogP contribution in [0.15, 0.2) is 58.4 Å². The Bertz CT molecular complexity index is 1330. The Kier molecular flexibility index (Phi) is 6.41. The van der Waals surface area contributed by atoms with Crippen molar-refractivity contribution in [2.24, 2.45) is 5.10 Å². The first kappa shape index (κ1) is 22.7. The number of amides is 1. The third-order valence-electron chi connectivity index (χ3n) is 4.36. The fourth-order valence-corrected chi connectivity index (χ4v) is 2.92. The van der Waals surface area contributed by atoms with Gasteiger partial charge in [-0.2, -0.15) is 33.3 Å². The van der Waals surface area contributed by atoms with Gasteiger partial charge in [-0.3, -0.25) is 9.59 Å². The van der Waals surface area contributed by atoms with Crippen LogP contribution in [0, 0.1) is 18.3 Å². The fourth-order valence-electron chi connectivity index (χ4n) is 2.73. The zero-order valence-electron chi connectivity index (χ0n) is 16.3. The molecule has 0 saturated carbocycles. The van der Waals surface area contributed by atoms with Crippen molar-refractivity contribution in [2.45, 2.75) is 13.1 Å². The summed E-state index contributed by atoms with van der Waals surface area (Å²) in [6.45, 7) is 1.33. The van der Waals surface area contributed by atoms with E-state index in [-0.39, 0.29) is 16.9 Å². The number of hydrazone groups is 1. The maximum atomic E-state index is 13.1. The van der Waals surface area contributed by atoms with Crippen molar-refractivity contribution < 1.29 is 18.0 Å². The number of hydrogen-bond acceptors (Lipinski definition) is 5. The van der Waals surface area contributed by atoms with Crippen molar-refractivity contribution in [1.82, 2.24) is 15.2 Å². The van der Waals surface area contributed by atoms with Gasteiger partial charge in [0.15, 0.2) is 5.69 Å². The van der Waals surface area contributed by atoms with Crippen LogP contribution in [-0.2, 0) is 6.18 Å². The van der Waals surface area contributed by atoms with E-state index in [1.165, 1.54) is 19.2 Å². The van der Waals surface area contributed by atoms with Crippen LogP contribution in [0.3, 0.4) is 0 Å². The van der Waals surface area contributed by atoms with Crippen molar-refractivity contribution in [3.63, 3.8) is 0 Å².